The molecule has 2 aromatic rings. The molecule has 3 rings (SSSR count). The lowest BCUT2D eigenvalue weighted by Crippen LogP contribution is -2.31. The van der Waals surface area contributed by atoms with E-state index < -0.39 is 5.92 Å². The minimum absolute atomic E-state index is 0.487. The predicted molar refractivity (Wildman–Crippen MR) is 79.6 cm³/mol. The van der Waals surface area contributed by atoms with Crippen molar-refractivity contribution in [1.82, 2.24) is 9.97 Å². The van der Waals surface area contributed by atoms with Gasteiger partial charge in [0.2, 0.25) is 0 Å². The zero-order valence-corrected chi connectivity index (χ0v) is 11.7. The Morgan fingerprint density at radius 3 is 2.19 bits per heavy atom. The summed E-state index contributed by atoms with van der Waals surface area (Å²) in [4.78, 5) is 11.4. The molecule has 1 aromatic heterocycles. The van der Waals surface area contributed by atoms with E-state index in [9.17, 15) is 10.5 Å². The topological polar surface area (TPSA) is 76.6 Å². The second kappa shape index (κ2) is 5.76. The molecule has 1 saturated heterocycles. The maximum absolute atomic E-state index is 9.22. The van der Waals surface area contributed by atoms with E-state index in [1.807, 2.05) is 36.4 Å². The first-order valence-corrected chi connectivity index (χ1v) is 7.14. The first-order valence-electron chi connectivity index (χ1n) is 7.14. The van der Waals surface area contributed by atoms with E-state index in [0.29, 0.717) is 11.5 Å². The van der Waals surface area contributed by atoms with Gasteiger partial charge in [0, 0.05) is 13.1 Å². The average Bonchev–Trinajstić information content (AvgIpc) is 2.56. The van der Waals surface area contributed by atoms with Gasteiger partial charge in [-0.15, -0.1) is 0 Å². The van der Waals surface area contributed by atoms with Crippen molar-refractivity contribution in [2.24, 2.45) is 0 Å². The Morgan fingerprint density at radius 2 is 1.57 bits per heavy atom. The van der Waals surface area contributed by atoms with Crippen LogP contribution >= 0.6 is 0 Å². The monoisotopic (exact) mass is 277 g/mol. The summed E-state index contributed by atoms with van der Waals surface area (Å²) in [5.41, 5.74) is 2.01. The standard InChI is InChI=1S/C16H15N5/c17-10-12(11-18)15-16(21-8-4-1-5-9-21)20-14-7-3-2-6-13(14)19-15/h2-3,6-7,12H,1,4-5,8-9H2. The number of hydrogen-bond acceptors (Lipinski definition) is 5. The van der Waals surface area contributed by atoms with Crippen molar-refractivity contribution in [3.63, 3.8) is 0 Å². The van der Waals surface area contributed by atoms with Crippen LogP contribution in [-0.2, 0) is 0 Å². The molecule has 0 unspecified atom stereocenters. The second-order valence-corrected chi connectivity index (χ2v) is 5.16. The van der Waals surface area contributed by atoms with Crippen LogP contribution in [0.5, 0.6) is 0 Å². The molecular weight excluding hydrogens is 262 g/mol. The van der Waals surface area contributed by atoms with Gasteiger partial charge in [0.1, 0.15) is 5.69 Å². The van der Waals surface area contributed by atoms with Gasteiger partial charge in [-0.05, 0) is 31.4 Å². The fourth-order valence-electron chi connectivity index (χ4n) is 2.69. The van der Waals surface area contributed by atoms with Crippen LogP contribution in [0.1, 0.15) is 30.9 Å². The molecular formula is C16H15N5. The number of fused-ring (bicyclic) bond motifs is 1. The summed E-state index contributed by atoms with van der Waals surface area (Å²) in [7, 11) is 0. The third-order valence-electron chi connectivity index (χ3n) is 3.77. The number of aromatic nitrogens is 2. The van der Waals surface area contributed by atoms with E-state index in [0.717, 1.165) is 37.0 Å². The molecule has 0 atom stereocenters. The van der Waals surface area contributed by atoms with Crippen LogP contribution in [0.2, 0.25) is 0 Å². The highest BCUT2D eigenvalue weighted by atomic mass is 15.2. The fourth-order valence-corrected chi connectivity index (χ4v) is 2.69. The minimum atomic E-state index is -0.876. The zero-order valence-electron chi connectivity index (χ0n) is 11.7. The van der Waals surface area contributed by atoms with Gasteiger partial charge in [0.25, 0.3) is 0 Å². The maximum atomic E-state index is 9.22. The molecule has 21 heavy (non-hydrogen) atoms. The molecule has 0 bridgehead atoms. The Balaban J connectivity index is 2.16. The summed E-state index contributed by atoms with van der Waals surface area (Å²) in [6.45, 7) is 1.81. The lowest BCUT2D eigenvalue weighted by Gasteiger charge is -2.29. The highest BCUT2D eigenvalue weighted by molar-refractivity contribution is 5.77. The summed E-state index contributed by atoms with van der Waals surface area (Å²) in [6, 6.07) is 11.6. The summed E-state index contributed by atoms with van der Waals surface area (Å²) >= 11 is 0. The molecule has 1 aliphatic rings. The molecule has 5 heteroatoms. The van der Waals surface area contributed by atoms with Crippen molar-refractivity contribution in [2.75, 3.05) is 18.0 Å². The highest BCUT2D eigenvalue weighted by Crippen LogP contribution is 2.28. The minimum Gasteiger partial charge on any atom is -0.355 e. The Labute approximate surface area is 123 Å². The van der Waals surface area contributed by atoms with Gasteiger partial charge in [-0.3, -0.25) is 0 Å². The Hall–Kier alpha value is -2.66. The van der Waals surface area contributed by atoms with Gasteiger partial charge in [-0.1, -0.05) is 12.1 Å². The SMILES string of the molecule is N#CC(C#N)c1nc2ccccc2nc1N1CCCCC1. The molecule has 0 aliphatic carbocycles. The third kappa shape index (κ3) is 2.51. The molecule has 0 radical (unpaired) electrons. The smallest absolute Gasteiger partial charge is 0.178 e. The van der Waals surface area contributed by atoms with Crippen LogP contribution in [0.15, 0.2) is 24.3 Å². The Kier molecular flexibility index (Phi) is 3.66. The lowest BCUT2D eigenvalue weighted by atomic mass is 10.1. The number of piperidine rings is 1. The number of benzene rings is 1. The number of anilines is 1. The molecule has 1 aliphatic heterocycles. The molecule has 1 aromatic carbocycles. The first kappa shape index (κ1) is 13.3. The van der Waals surface area contributed by atoms with Gasteiger partial charge in [0.05, 0.1) is 23.2 Å². The van der Waals surface area contributed by atoms with Crippen LogP contribution < -0.4 is 4.90 Å². The van der Waals surface area contributed by atoms with E-state index in [2.05, 4.69) is 14.9 Å². The molecule has 0 saturated carbocycles. The van der Waals surface area contributed by atoms with E-state index in [-0.39, 0.29) is 0 Å². The third-order valence-corrected chi connectivity index (χ3v) is 3.77. The molecule has 2 heterocycles. The largest absolute Gasteiger partial charge is 0.355 e. The molecule has 0 amide bonds. The van der Waals surface area contributed by atoms with Gasteiger partial charge in [0.15, 0.2) is 11.7 Å². The van der Waals surface area contributed by atoms with Crippen LogP contribution in [0.25, 0.3) is 11.0 Å². The maximum Gasteiger partial charge on any atom is 0.178 e. The summed E-state index contributed by atoms with van der Waals surface area (Å²) in [6.07, 6.45) is 3.43. The Bertz CT molecular complexity index is 720. The first-order chi connectivity index (χ1) is 10.3. The van der Waals surface area contributed by atoms with Crippen LogP contribution in [0, 0.1) is 22.7 Å². The predicted octanol–water partition coefficient (Wildman–Crippen LogP) is 2.75. The summed E-state index contributed by atoms with van der Waals surface area (Å²) < 4.78 is 0. The second-order valence-electron chi connectivity index (χ2n) is 5.16. The molecule has 0 spiro atoms. The summed E-state index contributed by atoms with van der Waals surface area (Å²) in [5, 5.41) is 18.4. The average molecular weight is 277 g/mol. The van der Waals surface area contributed by atoms with Crippen molar-refractivity contribution in [1.29, 1.82) is 10.5 Å². The highest BCUT2D eigenvalue weighted by Gasteiger charge is 2.23. The normalized spacial score (nSPS) is 14.9. The molecule has 0 N–H and O–H groups in total. The summed E-state index contributed by atoms with van der Waals surface area (Å²) in [5.74, 6) is -0.180. The van der Waals surface area contributed by atoms with Crippen molar-refractivity contribution < 1.29 is 0 Å². The van der Waals surface area contributed by atoms with Crippen molar-refractivity contribution >= 4 is 16.9 Å². The number of nitriles is 2. The molecule has 104 valence electrons. The molecule has 1 fully saturated rings. The van der Waals surface area contributed by atoms with E-state index in [1.54, 1.807) is 0 Å². The van der Waals surface area contributed by atoms with Gasteiger partial charge < -0.3 is 4.90 Å². The van der Waals surface area contributed by atoms with Gasteiger partial charge in [-0.25, -0.2) is 9.97 Å². The van der Waals surface area contributed by atoms with Crippen molar-refractivity contribution in [3.8, 4) is 12.1 Å². The van der Waals surface area contributed by atoms with Crippen molar-refractivity contribution in [2.45, 2.75) is 25.2 Å². The number of rotatable bonds is 2. The zero-order chi connectivity index (χ0) is 14.7. The van der Waals surface area contributed by atoms with Crippen LogP contribution in [0.4, 0.5) is 5.82 Å². The number of hydrogen-bond donors (Lipinski definition) is 0. The van der Waals surface area contributed by atoms with E-state index in [1.165, 1.54) is 6.42 Å². The van der Waals surface area contributed by atoms with Gasteiger partial charge >= 0.3 is 0 Å². The van der Waals surface area contributed by atoms with E-state index in [4.69, 9.17) is 0 Å². The number of para-hydroxylation sites is 2. The van der Waals surface area contributed by atoms with Crippen molar-refractivity contribution in [3.05, 3.63) is 30.0 Å². The lowest BCUT2D eigenvalue weighted by molar-refractivity contribution is 0.571. The Morgan fingerprint density at radius 1 is 0.952 bits per heavy atom. The fraction of sp³-hybridized carbons (Fsp3) is 0.375. The van der Waals surface area contributed by atoms with Gasteiger partial charge in [-0.2, -0.15) is 10.5 Å². The molecule has 5 nitrogen and oxygen atoms in total. The van der Waals surface area contributed by atoms with E-state index >= 15 is 0 Å². The van der Waals surface area contributed by atoms with Crippen LogP contribution in [-0.4, -0.2) is 23.1 Å². The van der Waals surface area contributed by atoms with Crippen LogP contribution in [0.3, 0.4) is 0 Å². The number of nitrogens with zero attached hydrogens (tertiary/aromatic N) is 5. The quantitative estimate of drug-likeness (QED) is 0.843.